The zero-order valence-corrected chi connectivity index (χ0v) is 20.2. The second-order valence-electron chi connectivity index (χ2n) is 8.42. The van der Waals surface area contributed by atoms with Gasteiger partial charge in [-0.1, -0.05) is 80.9 Å². The smallest absolute Gasteiger partial charge is 0.408 e. The molecule has 0 aromatic heterocycles. The first-order valence-electron chi connectivity index (χ1n) is 11.2. The van der Waals surface area contributed by atoms with Gasteiger partial charge in [0, 0.05) is 12.6 Å². The number of hydrogen-bond acceptors (Lipinski definition) is 5. The molecule has 7 nitrogen and oxygen atoms in total. The van der Waals surface area contributed by atoms with E-state index in [-0.39, 0.29) is 32.2 Å². The predicted octanol–water partition coefficient (Wildman–Crippen LogP) is 5.47. The molecule has 0 aliphatic rings. The fraction of sp³-hybridized carbons (Fsp3) is 0.440. The van der Waals surface area contributed by atoms with Crippen LogP contribution in [0.2, 0.25) is 0 Å². The SMILES string of the molecule is CC(C)CCCP(=O)(O)C(CCC(=O)OCc1ccccc1)NC(=O)OCc1ccccc1. The second-order valence-corrected chi connectivity index (χ2v) is 11.0. The van der Waals surface area contributed by atoms with E-state index in [0.29, 0.717) is 12.3 Å². The normalized spacial score (nSPS) is 13.7. The molecule has 0 bridgehead atoms. The maximum Gasteiger partial charge on any atom is 0.408 e. The van der Waals surface area contributed by atoms with E-state index in [4.69, 9.17) is 9.47 Å². The molecule has 1 amide bonds. The predicted molar refractivity (Wildman–Crippen MR) is 128 cm³/mol. The quantitative estimate of drug-likeness (QED) is 0.294. The van der Waals surface area contributed by atoms with E-state index in [1.807, 2.05) is 74.5 Å². The molecule has 0 spiro atoms. The first-order chi connectivity index (χ1) is 15.8. The Labute approximate surface area is 196 Å². The van der Waals surface area contributed by atoms with Crippen LogP contribution in [0.1, 0.15) is 50.7 Å². The van der Waals surface area contributed by atoms with E-state index in [1.165, 1.54) is 0 Å². The summed E-state index contributed by atoms with van der Waals surface area (Å²) in [5, 5.41) is 2.51. The van der Waals surface area contributed by atoms with Gasteiger partial charge in [-0.15, -0.1) is 0 Å². The molecule has 180 valence electrons. The van der Waals surface area contributed by atoms with Gasteiger partial charge in [-0.25, -0.2) is 4.79 Å². The zero-order chi connectivity index (χ0) is 24.1. The van der Waals surface area contributed by atoms with Crippen LogP contribution < -0.4 is 5.32 Å². The van der Waals surface area contributed by atoms with Crippen LogP contribution in [0.3, 0.4) is 0 Å². The summed E-state index contributed by atoms with van der Waals surface area (Å²) >= 11 is 0. The van der Waals surface area contributed by atoms with Crippen molar-refractivity contribution in [3.05, 3.63) is 71.8 Å². The van der Waals surface area contributed by atoms with Crippen molar-refractivity contribution in [1.82, 2.24) is 5.32 Å². The van der Waals surface area contributed by atoms with Crippen molar-refractivity contribution in [2.75, 3.05) is 6.16 Å². The fourth-order valence-corrected chi connectivity index (χ4v) is 5.01. The van der Waals surface area contributed by atoms with Gasteiger partial charge in [0.1, 0.15) is 19.0 Å². The number of hydrogen-bond donors (Lipinski definition) is 2. The number of carbonyl (C=O) groups is 2. The topological polar surface area (TPSA) is 102 Å². The zero-order valence-electron chi connectivity index (χ0n) is 19.3. The Hall–Kier alpha value is -2.63. The summed E-state index contributed by atoms with van der Waals surface area (Å²) in [6, 6.07) is 18.4. The van der Waals surface area contributed by atoms with Crippen molar-refractivity contribution in [2.24, 2.45) is 5.92 Å². The van der Waals surface area contributed by atoms with Crippen LogP contribution in [-0.2, 0) is 32.0 Å². The molecule has 2 unspecified atom stereocenters. The van der Waals surface area contributed by atoms with Crippen molar-refractivity contribution >= 4 is 19.4 Å². The maximum absolute atomic E-state index is 13.0. The van der Waals surface area contributed by atoms with E-state index in [9.17, 15) is 19.0 Å². The lowest BCUT2D eigenvalue weighted by molar-refractivity contribution is -0.145. The summed E-state index contributed by atoms with van der Waals surface area (Å²) in [4.78, 5) is 35.2. The number of carbonyl (C=O) groups excluding carboxylic acids is 2. The van der Waals surface area contributed by atoms with Crippen LogP contribution in [0.15, 0.2) is 60.7 Å². The van der Waals surface area contributed by atoms with Crippen LogP contribution in [-0.4, -0.2) is 28.9 Å². The monoisotopic (exact) mass is 475 g/mol. The highest BCUT2D eigenvalue weighted by Crippen LogP contribution is 2.48. The van der Waals surface area contributed by atoms with Crippen molar-refractivity contribution in [2.45, 2.75) is 58.5 Å². The van der Waals surface area contributed by atoms with Crippen LogP contribution in [0.25, 0.3) is 0 Å². The Balaban J connectivity index is 1.92. The molecule has 0 aliphatic heterocycles. The van der Waals surface area contributed by atoms with Crippen LogP contribution in [0.5, 0.6) is 0 Å². The first-order valence-corrected chi connectivity index (χ1v) is 13.2. The van der Waals surface area contributed by atoms with Crippen LogP contribution in [0, 0.1) is 5.92 Å². The Morgan fingerprint density at radius 3 is 2.00 bits per heavy atom. The van der Waals surface area contributed by atoms with E-state index in [2.05, 4.69) is 5.32 Å². The molecule has 2 aromatic rings. The maximum atomic E-state index is 13.0. The minimum atomic E-state index is -3.76. The lowest BCUT2D eigenvalue weighted by Gasteiger charge is -2.24. The number of esters is 1. The second kappa shape index (κ2) is 13.8. The standard InChI is InChI=1S/C25H34NO6P/c1-20(2)10-9-17-33(29,30)23(26-25(28)32-19-22-13-7-4-8-14-22)15-16-24(27)31-18-21-11-5-3-6-12-21/h3-8,11-14,20,23H,9-10,15-19H2,1-2H3,(H,26,28)(H,29,30). The van der Waals surface area contributed by atoms with Gasteiger partial charge in [0.2, 0.25) is 7.37 Å². The highest BCUT2D eigenvalue weighted by Gasteiger charge is 2.33. The summed E-state index contributed by atoms with van der Waals surface area (Å²) in [5.74, 6) is -1.18. The molecule has 0 fully saturated rings. The highest BCUT2D eigenvalue weighted by molar-refractivity contribution is 7.58. The molecule has 0 aliphatic carbocycles. The van der Waals surface area contributed by atoms with Crippen molar-refractivity contribution in [1.29, 1.82) is 0 Å². The van der Waals surface area contributed by atoms with Gasteiger partial charge in [-0.2, -0.15) is 0 Å². The molecule has 33 heavy (non-hydrogen) atoms. The summed E-state index contributed by atoms with van der Waals surface area (Å²) in [6.07, 6.45) is 0.526. The number of rotatable bonds is 13. The molecule has 2 atom stereocenters. The largest absolute Gasteiger partial charge is 0.461 e. The third-order valence-corrected chi connectivity index (χ3v) is 7.43. The van der Waals surface area contributed by atoms with E-state index in [0.717, 1.165) is 17.5 Å². The van der Waals surface area contributed by atoms with Gasteiger partial charge in [-0.3, -0.25) is 9.36 Å². The lowest BCUT2D eigenvalue weighted by Crippen LogP contribution is -2.36. The molecule has 2 N–H and O–H groups in total. The van der Waals surface area contributed by atoms with E-state index >= 15 is 0 Å². The number of benzene rings is 2. The molecule has 0 radical (unpaired) electrons. The molecule has 2 aromatic carbocycles. The van der Waals surface area contributed by atoms with E-state index in [1.54, 1.807) is 0 Å². The van der Waals surface area contributed by atoms with Crippen LogP contribution in [0.4, 0.5) is 4.79 Å². The molecule has 2 rings (SSSR count). The molecule has 8 heteroatoms. The van der Waals surface area contributed by atoms with Crippen molar-refractivity contribution < 1.29 is 28.5 Å². The summed E-state index contributed by atoms with van der Waals surface area (Å²) in [6.45, 7) is 4.26. The van der Waals surface area contributed by atoms with Crippen molar-refractivity contribution in [3.8, 4) is 0 Å². The Morgan fingerprint density at radius 2 is 1.45 bits per heavy atom. The van der Waals surface area contributed by atoms with Crippen molar-refractivity contribution in [3.63, 3.8) is 0 Å². The number of alkyl carbamates (subject to hydrolysis) is 1. The summed E-state index contributed by atoms with van der Waals surface area (Å²) < 4.78 is 23.5. The molecular formula is C25H34NO6P. The minimum absolute atomic E-state index is 0.0104. The van der Waals surface area contributed by atoms with Gasteiger partial charge in [0.15, 0.2) is 0 Å². The summed E-state index contributed by atoms with van der Waals surface area (Å²) in [7, 11) is -3.76. The fourth-order valence-electron chi connectivity index (χ4n) is 3.22. The highest BCUT2D eigenvalue weighted by atomic mass is 31.2. The van der Waals surface area contributed by atoms with Gasteiger partial charge in [-0.05, 0) is 29.9 Å². The number of nitrogens with one attached hydrogen (secondary N) is 1. The number of amides is 1. The molecule has 0 heterocycles. The van der Waals surface area contributed by atoms with Gasteiger partial charge < -0.3 is 19.7 Å². The Morgan fingerprint density at radius 1 is 0.909 bits per heavy atom. The average molecular weight is 476 g/mol. The molecule has 0 saturated heterocycles. The summed E-state index contributed by atoms with van der Waals surface area (Å²) in [5.41, 5.74) is 1.66. The van der Waals surface area contributed by atoms with Crippen LogP contribution >= 0.6 is 7.37 Å². The first kappa shape index (κ1) is 26.6. The van der Waals surface area contributed by atoms with E-state index < -0.39 is 25.2 Å². The Kier molecular flexibility index (Phi) is 11.1. The van der Waals surface area contributed by atoms with Gasteiger partial charge in [0.05, 0.1) is 0 Å². The third kappa shape index (κ3) is 10.7. The Bertz CT molecular complexity index is 904. The minimum Gasteiger partial charge on any atom is -0.461 e. The van der Waals surface area contributed by atoms with Gasteiger partial charge in [0.25, 0.3) is 0 Å². The average Bonchev–Trinajstić information content (AvgIpc) is 2.80. The molecular weight excluding hydrogens is 441 g/mol. The lowest BCUT2D eigenvalue weighted by atomic mass is 10.1. The number of ether oxygens (including phenoxy) is 2. The third-order valence-electron chi connectivity index (χ3n) is 5.11. The van der Waals surface area contributed by atoms with Gasteiger partial charge >= 0.3 is 12.1 Å². The molecule has 0 saturated carbocycles.